The summed E-state index contributed by atoms with van der Waals surface area (Å²) in [5.74, 6) is 0. The number of aryl methyl sites for hydroxylation is 1. The number of nitrogens with one attached hydrogen (secondary N) is 1. The number of rotatable bonds is 6. The summed E-state index contributed by atoms with van der Waals surface area (Å²) in [5, 5.41) is 3.44. The van der Waals surface area contributed by atoms with Crippen molar-refractivity contribution >= 4 is 0 Å². The Morgan fingerprint density at radius 2 is 2.33 bits per heavy atom. The van der Waals surface area contributed by atoms with Gasteiger partial charge in [-0.3, -0.25) is 4.98 Å². The SMILES string of the molecule is C=CCC(NCC)c1ncccc1CC. The lowest BCUT2D eigenvalue weighted by Gasteiger charge is -2.18. The van der Waals surface area contributed by atoms with Gasteiger partial charge in [-0.1, -0.05) is 26.0 Å². The molecule has 0 aromatic carbocycles. The van der Waals surface area contributed by atoms with Gasteiger partial charge in [0, 0.05) is 6.20 Å². The highest BCUT2D eigenvalue weighted by Gasteiger charge is 2.12. The number of pyridine rings is 1. The Balaban J connectivity index is 2.92. The molecule has 0 fully saturated rings. The predicted molar refractivity (Wildman–Crippen MR) is 64.8 cm³/mol. The van der Waals surface area contributed by atoms with Gasteiger partial charge in [0.2, 0.25) is 0 Å². The Morgan fingerprint density at radius 3 is 2.93 bits per heavy atom. The average molecular weight is 204 g/mol. The molecule has 0 bridgehead atoms. The van der Waals surface area contributed by atoms with Crippen molar-refractivity contribution < 1.29 is 0 Å². The topological polar surface area (TPSA) is 24.9 Å². The zero-order chi connectivity index (χ0) is 11.1. The summed E-state index contributed by atoms with van der Waals surface area (Å²) in [6, 6.07) is 4.46. The summed E-state index contributed by atoms with van der Waals surface area (Å²) in [7, 11) is 0. The molecule has 1 atom stereocenters. The van der Waals surface area contributed by atoms with Crippen molar-refractivity contribution in [1.82, 2.24) is 10.3 Å². The van der Waals surface area contributed by atoms with E-state index in [1.165, 1.54) is 11.3 Å². The lowest BCUT2D eigenvalue weighted by Crippen LogP contribution is -2.22. The largest absolute Gasteiger partial charge is 0.309 e. The van der Waals surface area contributed by atoms with Crippen LogP contribution in [-0.4, -0.2) is 11.5 Å². The van der Waals surface area contributed by atoms with Crippen LogP contribution in [0.15, 0.2) is 31.0 Å². The van der Waals surface area contributed by atoms with Crippen molar-refractivity contribution in [3.8, 4) is 0 Å². The second kappa shape index (κ2) is 6.36. The van der Waals surface area contributed by atoms with Gasteiger partial charge in [-0.05, 0) is 31.0 Å². The normalized spacial score (nSPS) is 12.4. The van der Waals surface area contributed by atoms with Crippen molar-refractivity contribution in [1.29, 1.82) is 0 Å². The van der Waals surface area contributed by atoms with Crippen LogP contribution in [0.5, 0.6) is 0 Å². The molecule has 0 radical (unpaired) electrons. The zero-order valence-corrected chi connectivity index (χ0v) is 9.66. The highest BCUT2D eigenvalue weighted by Crippen LogP contribution is 2.19. The van der Waals surface area contributed by atoms with E-state index < -0.39 is 0 Å². The van der Waals surface area contributed by atoms with Crippen LogP contribution >= 0.6 is 0 Å². The van der Waals surface area contributed by atoms with Gasteiger partial charge in [0.05, 0.1) is 11.7 Å². The van der Waals surface area contributed by atoms with E-state index in [1.807, 2.05) is 18.3 Å². The fourth-order valence-electron chi connectivity index (χ4n) is 1.77. The van der Waals surface area contributed by atoms with Gasteiger partial charge in [0.15, 0.2) is 0 Å². The molecule has 0 amide bonds. The lowest BCUT2D eigenvalue weighted by atomic mass is 10.0. The number of hydrogen-bond acceptors (Lipinski definition) is 2. The Morgan fingerprint density at radius 1 is 1.53 bits per heavy atom. The molecule has 2 nitrogen and oxygen atoms in total. The zero-order valence-electron chi connectivity index (χ0n) is 9.66. The van der Waals surface area contributed by atoms with E-state index in [0.717, 1.165) is 19.4 Å². The van der Waals surface area contributed by atoms with Gasteiger partial charge in [-0.25, -0.2) is 0 Å². The van der Waals surface area contributed by atoms with Crippen molar-refractivity contribution in [3.63, 3.8) is 0 Å². The first-order valence-corrected chi connectivity index (χ1v) is 5.61. The minimum atomic E-state index is 0.309. The first-order chi connectivity index (χ1) is 7.33. The summed E-state index contributed by atoms with van der Waals surface area (Å²) >= 11 is 0. The third kappa shape index (κ3) is 3.17. The molecule has 1 heterocycles. The fourth-order valence-corrected chi connectivity index (χ4v) is 1.77. The molecule has 1 aromatic heterocycles. The molecule has 0 saturated carbocycles. The van der Waals surface area contributed by atoms with Crippen molar-refractivity contribution in [3.05, 3.63) is 42.2 Å². The fraction of sp³-hybridized carbons (Fsp3) is 0.462. The molecular formula is C13H20N2. The lowest BCUT2D eigenvalue weighted by molar-refractivity contribution is 0.541. The highest BCUT2D eigenvalue weighted by atomic mass is 14.9. The molecule has 0 spiro atoms. The molecule has 15 heavy (non-hydrogen) atoms. The Hall–Kier alpha value is -1.15. The van der Waals surface area contributed by atoms with Crippen LogP contribution in [0.2, 0.25) is 0 Å². The van der Waals surface area contributed by atoms with E-state index in [9.17, 15) is 0 Å². The maximum absolute atomic E-state index is 4.48. The van der Waals surface area contributed by atoms with Gasteiger partial charge in [-0.15, -0.1) is 6.58 Å². The van der Waals surface area contributed by atoms with E-state index in [0.29, 0.717) is 6.04 Å². The van der Waals surface area contributed by atoms with E-state index in [2.05, 4.69) is 36.8 Å². The monoisotopic (exact) mass is 204 g/mol. The minimum Gasteiger partial charge on any atom is -0.309 e. The summed E-state index contributed by atoms with van der Waals surface area (Å²) in [6.45, 7) is 9.03. The van der Waals surface area contributed by atoms with E-state index in [-0.39, 0.29) is 0 Å². The van der Waals surface area contributed by atoms with Crippen LogP contribution in [0.25, 0.3) is 0 Å². The van der Waals surface area contributed by atoms with Gasteiger partial charge >= 0.3 is 0 Å². The maximum Gasteiger partial charge on any atom is 0.0608 e. The van der Waals surface area contributed by atoms with Crippen LogP contribution in [0.1, 0.15) is 37.6 Å². The number of nitrogens with zero attached hydrogens (tertiary/aromatic N) is 1. The molecule has 0 aliphatic heterocycles. The molecule has 2 heteroatoms. The predicted octanol–water partition coefficient (Wildman–Crippen LogP) is 2.87. The van der Waals surface area contributed by atoms with Crippen LogP contribution < -0.4 is 5.32 Å². The highest BCUT2D eigenvalue weighted by molar-refractivity contribution is 5.23. The second-order valence-electron chi connectivity index (χ2n) is 3.54. The van der Waals surface area contributed by atoms with E-state index >= 15 is 0 Å². The molecule has 1 rings (SSSR count). The minimum absolute atomic E-state index is 0.309. The quantitative estimate of drug-likeness (QED) is 0.721. The second-order valence-corrected chi connectivity index (χ2v) is 3.54. The Labute approximate surface area is 92.4 Å². The van der Waals surface area contributed by atoms with Crippen molar-refractivity contribution in [2.45, 2.75) is 32.7 Å². The first-order valence-electron chi connectivity index (χ1n) is 5.61. The third-order valence-corrected chi connectivity index (χ3v) is 2.49. The molecule has 0 aliphatic carbocycles. The molecule has 1 unspecified atom stereocenters. The van der Waals surface area contributed by atoms with Crippen molar-refractivity contribution in [2.75, 3.05) is 6.54 Å². The smallest absolute Gasteiger partial charge is 0.0608 e. The third-order valence-electron chi connectivity index (χ3n) is 2.49. The van der Waals surface area contributed by atoms with Gasteiger partial charge in [0.1, 0.15) is 0 Å². The summed E-state index contributed by atoms with van der Waals surface area (Å²) < 4.78 is 0. The first kappa shape index (κ1) is 11.9. The van der Waals surface area contributed by atoms with Crippen LogP contribution in [0, 0.1) is 0 Å². The standard InChI is InChI=1S/C13H20N2/c1-4-8-12(14-6-3)13-11(5-2)9-7-10-15-13/h4,7,9-10,12,14H,1,5-6,8H2,2-3H3. The Kier molecular flexibility index (Phi) is 5.05. The Bertz CT molecular complexity index is 307. The molecule has 82 valence electrons. The van der Waals surface area contributed by atoms with Crippen LogP contribution in [0.3, 0.4) is 0 Å². The van der Waals surface area contributed by atoms with E-state index in [4.69, 9.17) is 0 Å². The number of aromatic nitrogens is 1. The molecule has 1 N–H and O–H groups in total. The summed E-state index contributed by atoms with van der Waals surface area (Å²) in [4.78, 5) is 4.48. The maximum atomic E-state index is 4.48. The van der Waals surface area contributed by atoms with Crippen molar-refractivity contribution in [2.24, 2.45) is 0 Å². The number of hydrogen-bond donors (Lipinski definition) is 1. The molecule has 0 saturated heterocycles. The van der Waals surface area contributed by atoms with Gasteiger partial charge in [-0.2, -0.15) is 0 Å². The average Bonchev–Trinajstić information content (AvgIpc) is 2.29. The van der Waals surface area contributed by atoms with Gasteiger partial charge in [0.25, 0.3) is 0 Å². The summed E-state index contributed by atoms with van der Waals surface area (Å²) in [5.41, 5.74) is 2.49. The summed E-state index contributed by atoms with van der Waals surface area (Å²) in [6.07, 6.45) is 5.77. The van der Waals surface area contributed by atoms with Crippen LogP contribution in [0.4, 0.5) is 0 Å². The van der Waals surface area contributed by atoms with E-state index in [1.54, 1.807) is 0 Å². The van der Waals surface area contributed by atoms with Crippen LogP contribution in [-0.2, 0) is 6.42 Å². The molecule has 1 aromatic rings. The molecule has 0 aliphatic rings. The van der Waals surface area contributed by atoms with Gasteiger partial charge < -0.3 is 5.32 Å². The molecular weight excluding hydrogens is 184 g/mol.